The second-order valence-electron chi connectivity index (χ2n) is 12.0. The monoisotopic (exact) mass is 808 g/mol. The van der Waals surface area contributed by atoms with Crippen LogP contribution in [0.1, 0.15) is 11.1 Å². The Morgan fingerprint density at radius 2 is 0.580 bits per heavy atom. The number of benzene rings is 6. The largest absolute Gasteiger partial charge is 0.341 e. The molecular weight excluding hydrogens is 777 g/mol. The molecule has 6 aromatic carbocycles. The smallest absolute Gasteiger partial charge is 0.311 e. The van der Waals surface area contributed by atoms with Crippen molar-refractivity contribution in [3.63, 3.8) is 0 Å². The van der Waals surface area contributed by atoms with Crippen molar-refractivity contribution in [2.75, 3.05) is 9.80 Å². The van der Waals surface area contributed by atoms with Crippen LogP contribution < -0.4 is 9.80 Å². The van der Waals surface area contributed by atoms with E-state index < -0.39 is 12.0 Å². The minimum atomic E-state index is -2.67. The van der Waals surface area contributed by atoms with Gasteiger partial charge in [0.15, 0.2) is 0 Å². The number of halogens is 6. The molecule has 0 aliphatic heterocycles. The van der Waals surface area contributed by atoms with Crippen LogP contribution in [0.3, 0.4) is 0 Å². The quantitative estimate of drug-likeness (QED) is 0.0847. The van der Waals surface area contributed by atoms with Crippen molar-refractivity contribution in [2.24, 2.45) is 0 Å². The average molecular weight is 812 g/mol. The van der Waals surface area contributed by atoms with Crippen LogP contribution in [0.25, 0.3) is 11.1 Å². The summed E-state index contributed by atoms with van der Waals surface area (Å²) in [5.74, 6) is 0. The fourth-order valence-corrected chi connectivity index (χ4v) is 8.70. The maximum absolute atomic E-state index is 6.13. The normalized spacial score (nSPS) is 11.7. The Bertz CT molecular complexity index is 1800. The molecule has 10 heteroatoms. The Labute approximate surface area is 325 Å². The van der Waals surface area contributed by atoms with Crippen LogP contribution in [0.2, 0.25) is 12.1 Å². The molecule has 0 N–H and O–H groups in total. The van der Waals surface area contributed by atoms with Crippen molar-refractivity contribution in [3.8, 4) is 11.1 Å². The molecule has 0 aliphatic carbocycles. The van der Waals surface area contributed by atoms with Crippen LogP contribution in [0.5, 0.6) is 0 Å². The summed E-state index contributed by atoms with van der Waals surface area (Å²) in [5, 5.41) is 0. The van der Waals surface area contributed by atoms with Crippen molar-refractivity contribution in [2.45, 2.75) is 24.9 Å². The van der Waals surface area contributed by atoms with E-state index in [2.05, 4.69) is 155 Å². The summed E-state index contributed by atoms with van der Waals surface area (Å²) in [6, 6.07) is 51.0. The summed E-state index contributed by atoms with van der Waals surface area (Å²) in [5.41, 5.74) is 11.0. The Morgan fingerprint density at radius 3 is 0.860 bits per heavy atom. The van der Waals surface area contributed by atoms with Gasteiger partial charge in [-0.2, -0.15) is 0 Å². The first-order valence-corrected chi connectivity index (χ1v) is 26.7. The summed E-state index contributed by atoms with van der Waals surface area (Å²) < 4.78 is 0. The molecule has 254 valence electrons. The average Bonchev–Trinajstić information content (AvgIpc) is 3.12. The molecule has 0 aliphatic rings. The molecule has 6 rings (SSSR count). The van der Waals surface area contributed by atoms with Gasteiger partial charge in [0.1, 0.15) is 0 Å². The van der Waals surface area contributed by atoms with Crippen LogP contribution >= 0.6 is 66.5 Å². The fraction of sp³-hybridized carbons (Fsp3) is 0.100. The highest BCUT2D eigenvalue weighted by atomic mass is 35.8. The first-order chi connectivity index (χ1) is 24.0. The van der Waals surface area contributed by atoms with E-state index in [1.807, 2.05) is 12.1 Å². The van der Waals surface area contributed by atoms with Crippen molar-refractivity contribution in [1.82, 2.24) is 0 Å². The zero-order valence-corrected chi connectivity index (χ0v) is 33.5. The molecule has 0 saturated carbocycles. The van der Waals surface area contributed by atoms with E-state index >= 15 is 0 Å². The standard InChI is InChI=1S/C40H34Cl6N2Si2/c41-49(42,43)29-27-31-11-19-37(20-12-31)47(35-7-3-1-4-8-35)39-23-15-33(16-24-39)34-17-25-40(26-18-34)48(36-9-5-2-6-10-36)38-21-13-32(14-22-38)28-30-50(44,45)46/h1-26H,27-30H2. The minimum Gasteiger partial charge on any atom is -0.311 e. The molecular formula is C40H34Cl6N2Si2. The molecule has 0 fully saturated rings. The second-order valence-corrected chi connectivity index (χ2v) is 30.6. The van der Waals surface area contributed by atoms with E-state index in [0.717, 1.165) is 69.2 Å². The molecule has 0 bridgehead atoms. The van der Waals surface area contributed by atoms with Gasteiger partial charge in [-0.25, -0.2) is 0 Å². The zero-order chi connectivity index (χ0) is 35.1. The van der Waals surface area contributed by atoms with E-state index in [0.29, 0.717) is 12.1 Å². The van der Waals surface area contributed by atoms with Gasteiger partial charge in [0, 0.05) is 34.1 Å². The van der Waals surface area contributed by atoms with Crippen LogP contribution in [-0.2, 0) is 12.8 Å². The third-order valence-electron chi connectivity index (χ3n) is 8.40. The zero-order valence-electron chi connectivity index (χ0n) is 27.0. The van der Waals surface area contributed by atoms with E-state index in [4.69, 9.17) is 66.5 Å². The van der Waals surface area contributed by atoms with Gasteiger partial charge < -0.3 is 9.80 Å². The van der Waals surface area contributed by atoms with Gasteiger partial charge in [-0.15, -0.1) is 66.5 Å². The van der Waals surface area contributed by atoms with Crippen molar-refractivity contribution in [1.29, 1.82) is 0 Å². The number of rotatable bonds is 13. The lowest BCUT2D eigenvalue weighted by atomic mass is 10.0. The first-order valence-electron chi connectivity index (χ1n) is 16.2. The summed E-state index contributed by atoms with van der Waals surface area (Å²) in [4.78, 5) is 4.51. The number of hydrogen-bond donors (Lipinski definition) is 0. The maximum atomic E-state index is 6.13. The summed E-state index contributed by atoms with van der Waals surface area (Å²) in [6.07, 6.45) is 1.50. The topological polar surface area (TPSA) is 6.48 Å². The van der Waals surface area contributed by atoms with Crippen molar-refractivity contribution < 1.29 is 0 Å². The van der Waals surface area contributed by atoms with Crippen LogP contribution in [0, 0.1) is 0 Å². The third kappa shape index (κ3) is 10.1. The van der Waals surface area contributed by atoms with E-state index in [1.165, 1.54) is 0 Å². The van der Waals surface area contributed by atoms with Gasteiger partial charge in [0.25, 0.3) is 0 Å². The maximum Gasteiger partial charge on any atom is 0.341 e. The lowest BCUT2D eigenvalue weighted by molar-refractivity contribution is 1.12. The van der Waals surface area contributed by atoms with Crippen LogP contribution in [0.15, 0.2) is 158 Å². The molecule has 6 aromatic rings. The molecule has 0 atom stereocenters. The van der Waals surface area contributed by atoms with Gasteiger partial charge in [-0.1, -0.05) is 84.9 Å². The van der Waals surface area contributed by atoms with Gasteiger partial charge in [-0.3, -0.25) is 0 Å². The van der Waals surface area contributed by atoms with Crippen molar-refractivity contribution in [3.05, 3.63) is 169 Å². The Kier molecular flexibility index (Phi) is 12.3. The Balaban J connectivity index is 1.24. The highest BCUT2D eigenvalue weighted by Crippen LogP contribution is 2.38. The third-order valence-corrected chi connectivity index (χ3v) is 13.4. The molecule has 0 saturated heterocycles. The Morgan fingerprint density at radius 1 is 0.320 bits per heavy atom. The number of nitrogens with zero attached hydrogens (tertiary/aromatic N) is 2. The van der Waals surface area contributed by atoms with Gasteiger partial charge in [0.2, 0.25) is 0 Å². The fourth-order valence-electron chi connectivity index (χ4n) is 5.85. The van der Waals surface area contributed by atoms with Gasteiger partial charge in [-0.05, 0) is 120 Å². The molecule has 0 spiro atoms. The lowest BCUT2D eigenvalue weighted by Crippen LogP contribution is -2.11. The Hall–Kier alpha value is -2.91. The molecule has 0 unspecified atom stereocenters. The highest BCUT2D eigenvalue weighted by Gasteiger charge is 2.25. The van der Waals surface area contributed by atoms with Crippen LogP contribution in [-0.4, -0.2) is 12.0 Å². The first kappa shape index (κ1) is 36.9. The molecule has 0 heterocycles. The summed E-state index contributed by atoms with van der Waals surface area (Å²) in [6.45, 7) is 0. The lowest BCUT2D eigenvalue weighted by Gasteiger charge is -2.26. The molecule has 2 nitrogen and oxygen atoms in total. The predicted octanol–water partition coefficient (Wildman–Crippen LogP) is 14.7. The van der Waals surface area contributed by atoms with E-state index in [1.54, 1.807) is 0 Å². The number of anilines is 6. The predicted molar refractivity (Wildman–Crippen MR) is 225 cm³/mol. The van der Waals surface area contributed by atoms with Gasteiger partial charge >= 0.3 is 12.0 Å². The summed E-state index contributed by atoms with van der Waals surface area (Å²) in [7, 11) is 0. The second kappa shape index (κ2) is 16.6. The molecule has 0 radical (unpaired) electrons. The summed E-state index contributed by atoms with van der Waals surface area (Å²) >= 11 is 36.8. The van der Waals surface area contributed by atoms with Crippen molar-refractivity contribution >= 4 is 113 Å². The molecule has 0 amide bonds. The van der Waals surface area contributed by atoms with E-state index in [-0.39, 0.29) is 0 Å². The minimum absolute atomic E-state index is 0.598. The van der Waals surface area contributed by atoms with E-state index in [9.17, 15) is 0 Å². The van der Waals surface area contributed by atoms with Gasteiger partial charge in [0.05, 0.1) is 0 Å². The number of para-hydroxylation sites is 2. The number of hydrogen-bond acceptors (Lipinski definition) is 2. The highest BCUT2D eigenvalue weighted by molar-refractivity contribution is 7.65. The molecule has 0 aromatic heterocycles. The number of aryl methyl sites for hydroxylation is 2. The van der Waals surface area contributed by atoms with Crippen LogP contribution in [0.4, 0.5) is 34.1 Å². The molecule has 50 heavy (non-hydrogen) atoms. The SMILES string of the molecule is Cl[Si](Cl)(Cl)CCc1ccc(N(c2ccccc2)c2ccc(-c3ccc(N(c4ccccc4)c4ccc(CC[Si](Cl)(Cl)Cl)cc4)cc3)cc2)cc1.